The minimum absolute atomic E-state index is 0.134. The average molecular weight is 402 g/mol. The zero-order valence-electron chi connectivity index (χ0n) is 17.1. The van der Waals surface area contributed by atoms with E-state index in [0.29, 0.717) is 5.02 Å². The molecule has 0 radical (unpaired) electrons. The molecule has 0 heterocycles. The van der Waals surface area contributed by atoms with Gasteiger partial charge in [-0.1, -0.05) is 41.4 Å². The first kappa shape index (κ1) is 21.9. The van der Waals surface area contributed by atoms with Crippen molar-refractivity contribution in [3.05, 3.63) is 63.7 Å². The minimum Gasteiger partial charge on any atom is -0.348 e. The third kappa shape index (κ3) is 6.36. The third-order valence-electron chi connectivity index (χ3n) is 4.52. The van der Waals surface area contributed by atoms with Crippen LogP contribution in [0.25, 0.3) is 0 Å². The molecule has 0 fully saturated rings. The van der Waals surface area contributed by atoms with E-state index in [1.54, 1.807) is 24.1 Å². The monoisotopic (exact) mass is 401 g/mol. The molecule has 2 N–H and O–H groups in total. The maximum Gasteiger partial charge on any atom is 0.238 e. The fraction of sp³-hybridized carbons (Fsp3) is 0.364. The number of amides is 2. The molecule has 0 aliphatic heterocycles. The third-order valence-corrected chi connectivity index (χ3v) is 4.77. The molecule has 0 aliphatic carbocycles. The van der Waals surface area contributed by atoms with E-state index in [-0.39, 0.29) is 30.9 Å². The van der Waals surface area contributed by atoms with Crippen molar-refractivity contribution in [2.75, 3.05) is 25.5 Å². The lowest BCUT2D eigenvalue weighted by atomic mass is 10.1. The summed E-state index contributed by atoms with van der Waals surface area (Å²) >= 11 is 5.89. The molecule has 0 aromatic heterocycles. The lowest BCUT2D eigenvalue weighted by Crippen LogP contribution is -2.39. The van der Waals surface area contributed by atoms with Gasteiger partial charge in [0.2, 0.25) is 11.8 Å². The Bertz CT molecular complexity index is 826. The number of carbonyl (C=O) groups is 2. The molecule has 2 rings (SSSR count). The topological polar surface area (TPSA) is 61.4 Å². The number of carbonyl (C=O) groups excluding carboxylic acids is 2. The van der Waals surface area contributed by atoms with Crippen LogP contribution in [-0.2, 0) is 9.59 Å². The van der Waals surface area contributed by atoms with Gasteiger partial charge in [-0.3, -0.25) is 14.5 Å². The molecule has 0 aliphatic rings. The lowest BCUT2D eigenvalue weighted by molar-refractivity contribution is -0.123. The van der Waals surface area contributed by atoms with Gasteiger partial charge in [0.05, 0.1) is 19.1 Å². The van der Waals surface area contributed by atoms with E-state index in [1.807, 2.05) is 52.0 Å². The second-order valence-corrected chi connectivity index (χ2v) is 7.77. The van der Waals surface area contributed by atoms with Crippen LogP contribution in [0.15, 0.2) is 36.4 Å². The number of anilines is 1. The number of nitrogens with one attached hydrogen (secondary N) is 2. The highest BCUT2D eigenvalue weighted by molar-refractivity contribution is 6.30. The predicted molar refractivity (Wildman–Crippen MR) is 115 cm³/mol. The zero-order valence-corrected chi connectivity index (χ0v) is 17.9. The molecule has 5 nitrogen and oxygen atoms in total. The molecule has 0 saturated carbocycles. The Kier molecular flexibility index (Phi) is 7.61. The number of benzene rings is 2. The summed E-state index contributed by atoms with van der Waals surface area (Å²) in [6.07, 6.45) is 0. The fourth-order valence-corrected chi connectivity index (χ4v) is 3.35. The Labute approximate surface area is 172 Å². The molecule has 0 saturated heterocycles. The molecule has 0 spiro atoms. The number of halogens is 1. The second kappa shape index (κ2) is 9.71. The van der Waals surface area contributed by atoms with Crippen LogP contribution in [0.2, 0.25) is 5.02 Å². The summed E-state index contributed by atoms with van der Waals surface area (Å²) in [7, 11) is 1.75. The van der Waals surface area contributed by atoms with E-state index >= 15 is 0 Å². The summed E-state index contributed by atoms with van der Waals surface area (Å²) in [6, 6.07) is 11.3. The first-order chi connectivity index (χ1) is 13.2. The fourth-order valence-electron chi connectivity index (χ4n) is 3.22. The number of likely N-dealkylation sites (N-methyl/N-ethyl adjacent to an activating group) is 1. The van der Waals surface area contributed by atoms with Gasteiger partial charge >= 0.3 is 0 Å². The van der Waals surface area contributed by atoms with Gasteiger partial charge in [-0.05, 0) is 63.6 Å². The van der Waals surface area contributed by atoms with Crippen molar-refractivity contribution in [3.63, 3.8) is 0 Å². The number of hydrogen-bond donors (Lipinski definition) is 2. The molecule has 28 heavy (non-hydrogen) atoms. The summed E-state index contributed by atoms with van der Waals surface area (Å²) in [5, 5.41) is 6.55. The van der Waals surface area contributed by atoms with Crippen LogP contribution in [0.3, 0.4) is 0 Å². The van der Waals surface area contributed by atoms with E-state index in [2.05, 4.69) is 10.6 Å². The van der Waals surface area contributed by atoms with E-state index in [4.69, 9.17) is 11.6 Å². The zero-order chi connectivity index (χ0) is 20.8. The van der Waals surface area contributed by atoms with Crippen LogP contribution < -0.4 is 10.6 Å². The molecule has 1 atom stereocenters. The molecule has 2 amide bonds. The van der Waals surface area contributed by atoms with Crippen LogP contribution in [0.4, 0.5) is 5.69 Å². The predicted octanol–water partition coefficient (Wildman–Crippen LogP) is 4.01. The molecule has 2 aromatic carbocycles. The Morgan fingerprint density at radius 2 is 1.54 bits per heavy atom. The summed E-state index contributed by atoms with van der Waals surface area (Å²) in [4.78, 5) is 26.3. The van der Waals surface area contributed by atoms with Crippen LogP contribution in [-0.4, -0.2) is 36.9 Å². The number of nitrogens with zero attached hydrogens (tertiary/aromatic N) is 1. The van der Waals surface area contributed by atoms with Crippen molar-refractivity contribution in [2.45, 2.75) is 33.7 Å². The molecular formula is C22H28ClN3O2. The Morgan fingerprint density at radius 3 is 2.11 bits per heavy atom. The van der Waals surface area contributed by atoms with E-state index in [9.17, 15) is 9.59 Å². The lowest BCUT2D eigenvalue weighted by Gasteiger charge is -2.20. The van der Waals surface area contributed by atoms with Crippen LogP contribution in [0, 0.1) is 20.8 Å². The van der Waals surface area contributed by atoms with Crippen LogP contribution >= 0.6 is 11.6 Å². The normalized spacial score (nSPS) is 12.0. The van der Waals surface area contributed by atoms with Gasteiger partial charge in [0.15, 0.2) is 0 Å². The smallest absolute Gasteiger partial charge is 0.238 e. The molecular weight excluding hydrogens is 374 g/mol. The first-order valence-electron chi connectivity index (χ1n) is 9.26. The maximum atomic E-state index is 12.4. The molecule has 150 valence electrons. The van der Waals surface area contributed by atoms with E-state index < -0.39 is 0 Å². The Hall–Kier alpha value is -2.37. The van der Waals surface area contributed by atoms with Gasteiger partial charge < -0.3 is 10.6 Å². The second-order valence-electron chi connectivity index (χ2n) is 7.33. The van der Waals surface area contributed by atoms with Crippen molar-refractivity contribution < 1.29 is 9.59 Å². The van der Waals surface area contributed by atoms with Crippen molar-refractivity contribution >= 4 is 29.1 Å². The molecule has 2 aromatic rings. The van der Waals surface area contributed by atoms with E-state index in [0.717, 1.165) is 27.9 Å². The van der Waals surface area contributed by atoms with Crippen LogP contribution in [0.5, 0.6) is 0 Å². The van der Waals surface area contributed by atoms with Crippen LogP contribution in [0.1, 0.15) is 35.2 Å². The highest BCUT2D eigenvalue weighted by Crippen LogP contribution is 2.21. The van der Waals surface area contributed by atoms with Gasteiger partial charge in [-0.25, -0.2) is 0 Å². The van der Waals surface area contributed by atoms with Crippen molar-refractivity contribution in [1.82, 2.24) is 10.2 Å². The van der Waals surface area contributed by atoms with Gasteiger partial charge in [0.25, 0.3) is 0 Å². The highest BCUT2D eigenvalue weighted by Gasteiger charge is 2.15. The van der Waals surface area contributed by atoms with E-state index in [1.165, 1.54) is 0 Å². The maximum absolute atomic E-state index is 12.4. The average Bonchev–Trinajstić information content (AvgIpc) is 2.58. The summed E-state index contributed by atoms with van der Waals surface area (Å²) in [5.74, 6) is -0.281. The SMILES string of the molecule is Cc1cc(C)c(NC(=O)CN(C)CC(=O)NC(C)c2ccc(Cl)cc2)c(C)c1. The molecule has 1 unspecified atom stereocenters. The van der Waals surface area contributed by atoms with Crippen molar-refractivity contribution in [3.8, 4) is 0 Å². The largest absolute Gasteiger partial charge is 0.348 e. The minimum atomic E-state index is -0.142. The first-order valence-corrected chi connectivity index (χ1v) is 9.64. The molecule has 0 bridgehead atoms. The Balaban J connectivity index is 1.85. The number of hydrogen-bond acceptors (Lipinski definition) is 3. The quantitative estimate of drug-likeness (QED) is 0.736. The number of rotatable bonds is 7. The van der Waals surface area contributed by atoms with Gasteiger partial charge in [-0.2, -0.15) is 0 Å². The van der Waals surface area contributed by atoms with Gasteiger partial charge in [0, 0.05) is 10.7 Å². The highest BCUT2D eigenvalue weighted by atomic mass is 35.5. The van der Waals surface area contributed by atoms with Crippen molar-refractivity contribution in [1.29, 1.82) is 0 Å². The Morgan fingerprint density at radius 1 is 1.00 bits per heavy atom. The molecule has 6 heteroatoms. The van der Waals surface area contributed by atoms with Crippen molar-refractivity contribution in [2.24, 2.45) is 0 Å². The number of aryl methyl sites for hydroxylation is 3. The van der Waals surface area contributed by atoms with Gasteiger partial charge in [-0.15, -0.1) is 0 Å². The summed E-state index contributed by atoms with van der Waals surface area (Å²) in [6.45, 7) is 8.17. The summed E-state index contributed by atoms with van der Waals surface area (Å²) in [5.41, 5.74) is 5.04. The van der Waals surface area contributed by atoms with Gasteiger partial charge in [0.1, 0.15) is 0 Å². The standard InChI is InChI=1S/C22H28ClN3O2/c1-14-10-15(2)22(16(3)11-14)25-21(28)13-26(5)12-20(27)24-17(4)18-6-8-19(23)9-7-18/h6-11,17H,12-13H2,1-5H3,(H,24,27)(H,25,28). The summed E-state index contributed by atoms with van der Waals surface area (Å²) < 4.78 is 0.